The number of hydrogen-bond donors (Lipinski definition) is 0. The molecule has 0 radical (unpaired) electrons. The van der Waals surface area contributed by atoms with E-state index in [1.165, 1.54) is 32.1 Å². The molecule has 0 amide bonds. The summed E-state index contributed by atoms with van der Waals surface area (Å²) in [6, 6.07) is 0. The molecule has 0 rings (SSSR count). The van der Waals surface area contributed by atoms with Crippen LogP contribution in [0.4, 0.5) is 0 Å². The predicted molar refractivity (Wildman–Crippen MR) is 84.0 cm³/mol. The zero-order chi connectivity index (χ0) is 15.9. The lowest BCUT2D eigenvalue weighted by atomic mass is 10.1. The molecule has 0 aromatic heterocycles. The highest BCUT2D eigenvalue weighted by Crippen LogP contribution is 2.07. The molecule has 124 valence electrons. The molecule has 0 aliphatic heterocycles. The van der Waals surface area contributed by atoms with Crippen molar-refractivity contribution in [2.45, 2.75) is 78.6 Å². The van der Waals surface area contributed by atoms with Gasteiger partial charge in [0, 0.05) is 0 Å². The van der Waals surface area contributed by atoms with Crippen molar-refractivity contribution in [3.63, 3.8) is 0 Å². The van der Waals surface area contributed by atoms with Gasteiger partial charge in [-0.25, -0.2) is 0 Å². The maximum Gasteiger partial charge on any atom is 0.306 e. The zero-order valence-electron chi connectivity index (χ0n) is 14.0. The van der Waals surface area contributed by atoms with Crippen LogP contribution in [-0.4, -0.2) is 25.2 Å². The molecule has 0 spiro atoms. The molecule has 0 saturated heterocycles. The van der Waals surface area contributed by atoms with Crippen LogP contribution in [0.1, 0.15) is 78.6 Å². The molecule has 4 heteroatoms. The molecule has 0 aromatic rings. The van der Waals surface area contributed by atoms with Crippen LogP contribution < -0.4 is 0 Å². The van der Waals surface area contributed by atoms with E-state index in [1.807, 2.05) is 13.8 Å². The van der Waals surface area contributed by atoms with Crippen LogP contribution in [0.3, 0.4) is 0 Å². The standard InChI is InChI=1S/C17H32O4/c1-4-5-6-7-8-9-10-13-20-16(18)11-12-17(19)21-14-15(2)3/h15H,4-14H2,1-3H3. The van der Waals surface area contributed by atoms with E-state index in [9.17, 15) is 9.59 Å². The van der Waals surface area contributed by atoms with Crippen LogP contribution >= 0.6 is 0 Å². The van der Waals surface area contributed by atoms with E-state index in [2.05, 4.69) is 6.92 Å². The van der Waals surface area contributed by atoms with Crippen molar-refractivity contribution in [3.8, 4) is 0 Å². The Morgan fingerprint density at radius 3 is 1.90 bits per heavy atom. The van der Waals surface area contributed by atoms with Crippen LogP contribution in [0.15, 0.2) is 0 Å². The third-order valence-electron chi connectivity index (χ3n) is 3.12. The first kappa shape index (κ1) is 19.9. The molecule has 0 heterocycles. The molecule has 0 N–H and O–H groups in total. The maximum absolute atomic E-state index is 11.4. The molecule has 4 nitrogen and oxygen atoms in total. The molecule has 0 atom stereocenters. The van der Waals surface area contributed by atoms with E-state index in [1.54, 1.807) is 0 Å². The van der Waals surface area contributed by atoms with Crippen molar-refractivity contribution in [2.24, 2.45) is 5.92 Å². The fraction of sp³-hybridized carbons (Fsp3) is 0.882. The first-order chi connectivity index (χ1) is 10.1. The highest BCUT2D eigenvalue weighted by Gasteiger charge is 2.09. The summed E-state index contributed by atoms with van der Waals surface area (Å²) in [6.07, 6.45) is 8.59. The second-order valence-corrected chi connectivity index (χ2v) is 5.92. The van der Waals surface area contributed by atoms with Gasteiger partial charge in [-0.05, 0) is 12.3 Å². The second kappa shape index (κ2) is 13.9. The van der Waals surface area contributed by atoms with E-state index in [4.69, 9.17) is 9.47 Å². The molecule has 0 fully saturated rings. The fourth-order valence-electron chi connectivity index (χ4n) is 1.85. The smallest absolute Gasteiger partial charge is 0.306 e. The van der Waals surface area contributed by atoms with Gasteiger partial charge in [0.2, 0.25) is 0 Å². The normalized spacial score (nSPS) is 10.7. The summed E-state index contributed by atoms with van der Waals surface area (Å²) in [5, 5.41) is 0. The van der Waals surface area contributed by atoms with Crippen LogP contribution in [0, 0.1) is 5.92 Å². The number of rotatable bonds is 13. The first-order valence-corrected chi connectivity index (χ1v) is 8.37. The number of unbranched alkanes of at least 4 members (excludes halogenated alkanes) is 6. The number of ether oxygens (including phenoxy) is 2. The minimum absolute atomic E-state index is 0.114. The van der Waals surface area contributed by atoms with Crippen molar-refractivity contribution < 1.29 is 19.1 Å². The average molecular weight is 300 g/mol. The van der Waals surface area contributed by atoms with Crippen molar-refractivity contribution in [2.75, 3.05) is 13.2 Å². The molecule has 21 heavy (non-hydrogen) atoms. The lowest BCUT2D eigenvalue weighted by Crippen LogP contribution is -2.13. The van der Waals surface area contributed by atoms with Gasteiger partial charge in [-0.1, -0.05) is 59.3 Å². The summed E-state index contributed by atoms with van der Waals surface area (Å²) >= 11 is 0. The van der Waals surface area contributed by atoms with Crippen molar-refractivity contribution in [1.82, 2.24) is 0 Å². The van der Waals surface area contributed by atoms with Crippen molar-refractivity contribution in [3.05, 3.63) is 0 Å². The molecule has 0 bridgehead atoms. The second-order valence-electron chi connectivity index (χ2n) is 5.92. The molecule has 0 aromatic carbocycles. The monoisotopic (exact) mass is 300 g/mol. The minimum Gasteiger partial charge on any atom is -0.466 e. The Hall–Kier alpha value is -1.06. The Bertz CT molecular complexity index is 274. The minimum atomic E-state index is -0.323. The van der Waals surface area contributed by atoms with Gasteiger partial charge in [0.25, 0.3) is 0 Å². The Morgan fingerprint density at radius 2 is 1.33 bits per heavy atom. The summed E-state index contributed by atoms with van der Waals surface area (Å²) in [5.41, 5.74) is 0. The topological polar surface area (TPSA) is 52.6 Å². The lowest BCUT2D eigenvalue weighted by Gasteiger charge is -2.07. The molecule has 0 aliphatic carbocycles. The van der Waals surface area contributed by atoms with Gasteiger partial charge < -0.3 is 9.47 Å². The van der Waals surface area contributed by atoms with Crippen LogP contribution in [0.25, 0.3) is 0 Å². The van der Waals surface area contributed by atoms with Crippen molar-refractivity contribution >= 4 is 11.9 Å². The Balaban J connectivity index is 3.36. The van der Waals surface area contributed by atoms with E-state index in [0.717, 1.165) is 12.8 Å². The van der Waals surface area contributed by atoms with Crippen LogP contribution in [0.2, 0.25) is 0 Å². The zero-order valence-corrected chi connectivity index (χ0v) is 14.0. The summed E-state index contributed by atoms with van der Waals surface area (Å²) in [6.45, 7) is 7.03. The Kier molecular flexibility index (Phi) is 13.2. The van der Waals surface area contributed by atoms with E-state index in [0.29, 0.717) is 19.1 Å². The van der Waals surface area contributed by atoms with E-state index >= 15 is 0 Å². The van der Waals surface area contributed by atoms with Gasteiger partial charge in [0.15, 0.2) is 0 Å². The maximum atomic E-state index is 11.4. The molecule has 0 unspecified atom stereocenters. The summed E-state index contributed by atoms with van der Waals surface area (Å²) < 4.78 is 10.1. The third-order valence-corrected chi connectivity index (χ3v) is 3.12. The summed E-state index contributed by atoms with van der Waals surface area (Å²) in [7, 11) is 0. The summed E-state index contributed by atoms with van der Waals surface area (Å²) in [5.74, 6) is -0.308. The third kappa shape index (κ3) is 15.2. The highest BCUT2D eigenvalue weighted by atomic mass is 16.5. The average Bonchev–Trinajstić information content (AvgIpc) is 2.45. The number of hydrogen-bond acceptors (Lipinski definition) is 4. The lowest BCUT2D eigenvalue weighted by molar-refractivity contribution is -0.151. The van der Waals surface area contributed by atoms with E-state index in [-0.39, 0.29) is 24.8 Å². The van der Waals surface area contributed by atoms with Crippen molar-refractivity contribution in [1.29, 1.82) is 0 Å². The van der Waals surface area contributed by atoms with E-state index < -0.39 is 0 Å². The van der Waals surface area contributed by atoms with Gasteiger partial charge in [-0.3, -0.25) is 9.59 Å². The predicted octanol–water partition coefficient (Wildman–Crippen LogP) is 4.26. The summed E-state index contributed by atoms with van der Waals surface area (Å²) in [4.78, 5) is 22.8. The van der Waals surface area contributed by atoms with Gasteiger partial charge in [-0.15, -0.1) is 0 Å². The molecule has 0 aliphatic rings. The highest BCUT2D eigenvalue weighted by molar-refractivity contribution is 5.77. The number of carbonyl (C=O) groups excluding carboxylic acids is 2. The van der Waals surface area contributed by atoms with Gasteiger partial charge in [-0.2, -0.15) is 0 Å². The fourth-order valence-corrected chi connectivity index (χ4v) is 1.85. The van der Waals surface area contributed by atoms with Gasteiger partial charge >= 0.3 is 11.9 Å². The van der Waals surface area contributed by atoms with Crippen LogP contribution in [-0.2, 0) is 19.1 Å². The number of esters is 2. The first-order valence-electron chi connectivity index (χ1n) is 8.37. The Morgan fingerprint density at radius 1 is 0.810 bits per heavy atom. The quantitative estimate of drug-likeness (QED) is 0.377. The van der Waals surface area contributed by atoms with Gasteiger partial charge in [0.1, 0.15) is 0 Å². The van der Waals surface area contributed by atoms with Gasteiger partial charge in [0.05, 0.1) is 26.1 Å². The van der Waals surface area contributed by atoms with Crippen LogP contribution in [0.5, 0.6) is 0 Å². The SMILES string of the molecule is CCCCCCCCCOC(=O)CCC(=O)OCC(C)C. The Labute approximate surface area is 129 Å². The molecular weight excluding hydrogens is 268 g/mol. The molecule has 0 saturated carbocycles. The number of carbonyl (C=O) groups is 2. The largest absolute Gasteiger partial charge is 0.466 e. The molecular formula is C17H32O4.